The van der Waals surface area contributed by atoms with Crippen molar-refractivity contribution in [2.45, 2.75) is 19.8 Å². The van der Waals surface area contributed by atoms with E-state index < -0.39 is 0 Å². The molecule has 4 nitrogen and oxygen atoms in total. The summed E-state index contributed by atoms with van der Waals surface area (Å²) in [7, 11) is 0. The lowest BCUT2D eigenvalue weighted by molar-refractivity contribution is -0.120. The number of hydrogen-bond donors (Lipinski definition) is 3. The molecule has 0 aromatic heterocycles. The molecule has 0 aliphatic rings. The highest BCUT2D eigenvalue weighted by molar-refractivity contribution is 9.10. The number of carbonyl (C=O) groups excluding carboxylic acids is 1. The molecule has 5 heteroatoms. The van der Waals surface area contributed by atoms with Crippen LogP contribution in [0.2, 0.25) is 0 Å². The van der Waals surface area contributed by atoms with Crippen molar-refractivity contribution in [1.29, 1.82) is 0 Å². The Labute approximate surface area is 137 Å². The van der Waals surface area contributed by atoms with E-state index >= 15 is 0 Å². The lowest BCUT2D eigenvalue weighted by Gasteiger charge is -2.15. The summed E-state index contributed by atoms with van der Waals surface area (Å²) in [6.07, 6.45) is 0.927. The minimum absolute atomic E-state index is 0.0507. The SMILES string of the molecule is CCCNC(=O)Cc1c(Br)c(O)cc(O)c1-c1ccccc1. The predicted molar refractivity (Wildman–Crippen MR) is 89.9 cm³/mol. The van der Waals surface area contributed by atoms with Crippen LogP contribution in [0.25, 0.3) is 11.1 Å². The number of carbonyl (C=O) groups is 1. The van der Waals surface area contributed by atoms with E-state index in [0.29, 0.717) is 22.1 Å². The van der Waals surface area contributed by atoms with Gasteiger partial charge >= 0.3 is 0 Å². The Bertz CT molecular complexity index is 671. The van der Waals surface area contributed by atoms with Gasteiger partial charge < -0.3 is 15.5 Å². The second kappa shape index (κ2) is 7.31. The monoisotopic (exact) mass is 363 g/mol. The van der Waals surface area contributed by atoms with Crippen LogP contribution < -0.4 is 5.32 Å². The Morgan fingerprint density at radius 1 is 1.18 bits per heavy atom. The number of phenols is 2. The van der Waals surface area contributed by atoms with E-state index in [2.05, 4.69) is 21.2 Å². The van der Waals surface area contributed by atoms with Crippen LogP contribution in [-0.2, 0) is 11.2 Å². The zero-order valence-electron chi connectivity index (χ0n) is 12.3. The second-order valence-electron chi connectivity index (χ2n) is 4.98. The first-order valence-electron chi connectivity index (χ1n) is 7.10. The number of nitrogens with one attached hydrogen (secondary N) is 1. The van der Waals surface area contributed by atoms with Crippen molar-refractivity contribution in [3.05, 3.63) is 46.4 Å². The van der Waals surface area contributed by atoms with Gasteiger partial charge in [0, 0.05) is 18.2 Å². The molecule has 0 saturated heterocycles. The Morgan fingerprint density at radius 2 is 1.86 bits per heavy atom. The number of phenolic OH excluding ortho intramolecular Hbond substituents is 2. The molecule has 0 heterocycles. The van der Waals surface area contributed by atoms with Gasteiger partial charge in [0.2, 0.25) is 5.91 Å². The maximum Gasteiger partial charge on any atom is 0.224 e. The molecule has 0 bridgehead atoms. The number of halogens is 1. The number of hydrogen-bond acceptors (Lipinski definition) is 3. The summed E-state index contributed by atoms with van der Waals surface area (Å²) in [5, 5.41) is 22.9. The van der Waals surface area contributed by atoms with Gasteiger partial charge in [0.1, 0.15) is 11.5 Å². The Morgan fingerprint density at radius 3 is 2.50 bits per heavy atom. The Kier molecular flexibility index (Phi) is 5.44. The zero-order valence-corrected chi connectivity index (χ0v) is 13.9. The molecule has 0 aliphatic carbocycles. The predicted octanol–water partition coefficient (Wildman–Crippen LogP) is 3.60. The molecule has 0 aliphatic heterocycles. The third-order valence-corrected chi connectivity index (χ3v) is 4.18. The summed E-state index contributed by atoms with van der Waals surface area (Å²) >= 11 is 3.32. The first kappa shape index (κ1) is 16.4. The minimum atomic E-state index is -0.148. The summed E-state index contributed by atoms with van der Waals surface area (Å²) in [5.74, 6) is -0.287. The van der Waals surface area contributed by atoms with Crippen LogP contribution in [0.5, 0.6) is 11.5 Å². The normalized spacial score (nSPS) is 10.5. The molecule has 0 atom stereocenters. The maximum atomic E-state index is 12.0. The standard InChI is InChI=1S/C17H18BrNO3/c1-2-8-19-15(22)9-12-16(11-6-4-3-5-7-11)13(20)10-14(21)17(12)18/h3-7,10,20-21H,2,8-9H2,1H3,(H,19,22). The molecule has 1 amide bonds. The van der Waals surface area contributed by atoms with Gasteiger partial charge in [0.05, 0.1) is 10.9 Å². The summed E-state index contributed by atoms with van der Waals surface area (Å²) in [4.78, 5) is 12.0. The van der Waals surface area contributed by atoms with Crippen LogP contribution in [0.3, 0.4) is 0 Å². The number of rotatable bonds is 5. The fourth-order valence-corrected chi connectivity index (χ4v) is 2.72. The highest BCUT2D eigenvalue weighted by Gasteiger charge is 2.19. The molecule has 0 unspecified atom stereocenters. The van der Waals surface area contributed by atoms with Crippen LogP contribution in [0.15, 0.2) is 40.9 Å². The van der Waals surface area contributed by atoms with E-state index in [1.54, 1.807) is 0 Å². The van der Waals surface area contributed by atoms with Gasteiger partial charge in [-0.25, -0.2) is 0 Å². The van der Waals surface area contributed by atoms with Crippen molar-refractivity contribution < 1.29 is 15.0 Å². The third kappa shape index (κ3) is 3.60. The molecular formula is C17H18BrNO3. The van der Waals surface area contributed by atoms with Crippen LogP contribution in [0.1, 0.15) is 18.9 Å². The number of amides is 1. The molecule has 2 aromatic carbocycles. The fraction of sp³-hybridized carbons (Fsp3) is 0.235. The lowest BCUT2D eigenvalue weighted by Crippen LogP contribution is -2.26. The van der Waals surface area contributed by atoms with Gasteiger partial charge in [-0.2, -0.15) is 0 Å². The molecule has 116 valence electrons. The van der Waals surface area contributed by atoms with E-state index in [-0.39, 0.29) is 23.8 Å². The molecule has 2 aromatic rings. The van der Waals surface area contributed by atoms with Gasteiger partial charge in [-0.15, -0.1) is 0 Å². The van der Waals surface area contributed by atoms with Gasteiger partial charge in [-0.05, 0) is 33.5 Å². The lowest BCUT2D eigenvalue weighted by atomic mass is 9.96. The molecular weight excluding hydrogens is 346 g/mol. The highest BCUT2D eigenvalue weighted by atomic mass is 79.9. The van der Waals surface area contributed by atoms with Crippen LogP contribution >= 0.6 is 15.9 Å². The quantitative estimate of drug-likeness (QED) is 0.759. The Balaban J connectivity index is 2.48. The molecule has 3 N–H and O–H groups in total. The van der Waals surface area contributed by atoms with Crippen molar-refractivity contribution >= 4 is 21.8 Å². The van der Waals surface area contributed by atoms with Crippen molar-refractivity contribution in [2.75, 3.05) is 6.54 Å². The van der Waals surface area contributed by atoms with Crippen molar-refractivity contribution in [3.8, 4) is 22.6 Å². The smallest absolute Gasteiger partial charge is 0.224 e. The van der Waals surface area contributed by atoms with Gasteiger partial charge in [-0.3, -0.25) is 4.79 Å². The summed E-state index contributed by atoms with van der Waals surface area (Å²) in [6.45, 7) is 2.58. The van der Waals surface area contributed by atoms with Crippen molar-refractivity contribution in [1.82, 2.24) is 5.32 Å². The Hall–Kier alpha value is -2.01. The molecule has 0 radical (unpaired) electrons. The second-order valence-corrected chi connectivity index (χ2v) is 5.77. The number of aromatic hydroxyl groups is 2. The van der Waals surface area contributed by atoms with E-state index in [1.165, 1.54) is 6.07 Å². The van der Waals surface area contributed by atoms with E-state index in [1.807, 2.05) is 37.3 Å². The van der Waals surface area contributed by atoms with E-state index in [9.17, 15) is 15.0 Å². The maximum absolute atomic E-state index is 12.0. The highest BCUT2D eigenvalue weighted by Crippen LogP contribution is 2.42. The summed E-state index contributed by atoms with van der Waals surface area (Å²) in [6, 6.07) is 10.6. The van der Waals surface area contributed by atoms with Gasteiger partial charge in [0.15, 0.2) is 0 Å². The first-order valence-corrected chi connectivity index (χ1v) is 7.89. The van der Waals surface area contributed by atoms with E-state index in [4.69, 9.17) is 0 Å². The van der Waals surface area contributed by atoms with Crippen LogP contribution in [0, 0.1) is 0 Å². The summed E-state index contributed by atoms with van der Waals surface area (Å²) < 4.78 is 0.427. The largest absolute Gasteiger partial charge is 0.507 e. The van der Waals surface area contributed by atoms with Crippen molar-refractivity contribution in [2.24, 2.45) is 0 Å². The average molecular weight is 364 g/mol. The average Bonchev–Trinajstić information content (AvgIpc) is 2.51. The van der Waals surface area contributed by atoms with Crippen molar-refractivity contribution in [3.63, 3.8) is 0 Å². The summed E-state index contributed by atoms with van der Waals surface area (Å²) in [5.41, 5.74) is 1.91. The number of benzene rings is 2. The molecule has 22 heavy (non-hydrogen) atoms. The van der Waals surface area contributed by atoms with Crippen LogP contribution in [-0.4, -0.2) is 22.7 Å². The molecule has 2 rings (SSSR count). The van der Waals surface area contributed by atoms with E-state index in [0.717, 1.165) is 12.0 Å². The third-order valence-electron chi connectivity index (χ3n) is 3.29. The molecule has 0 spiro atoms. The van der Waals surface area contributed by atoms with Crippen LogP contribution in [0.4, 0.5) is 0 Å². The first-order chi connectivity index (χ1) is 10.5. The van der Waals surface area contributed by atoms with Gasteiger partial charge in [0.25, 0.3) is 0 Å². The topological polar surface area (TPSA) is 69.6 Å². The molecule has 0 fully saturated rings. The van der Waals surface area contributed by atoms with Gasteiger partial charge in [-0.1, -0.05) is 37.3 Å². The fourth-order valence-electron chi connectivity index (χ4n) is 2.26. The molecule has 0 saturated carbocycles. The zero-order chi connectivity index (χ0) is 16.1. The minimum Gasteiger partial charge on any atom is -0.507 e.